The van der Waals surface area contributed by atoms with Crippen LogP contribution in [-0.4, -0.2) is 22.7 Å². The summed E-state index contributed by atoms with van der Waals surface area (Å²) in [7, 11) is 0. The maximum Gasteiger partial charge on any atom is 0.256 e. The summed E-state index contributed by atoms with van der Waals surface area (Å²) in [6.45, 7) is 5.87. The Kier molecular flexibility index (Phi) is 5.65. The smallest absolute Gasteiger partial charge is 0.256 e. The molecule has 1 aliphatic rings. The fourth-order valence-electron chi connectivity index (χ4n) is 1.73. The van der Waals surface area contributed by atoms with Gasteiger partial charge in [-0.25, -0.2) is 9.98 Å². The van der Waals surface area contributed by atoms with Gasteiger partial charge in [0, 0.05) is 17.3 Å². The van der Waals surface area contributed by atoms with E-state index in [4.69, 9.17) is 0 Å². The molecule has 2 N–H and O–H groups in total. The van der Waals surface area contributed by atoms with Crippen molar-refractivity contribution < 1.29 is 9.90 Å². The molecule has 6 heteroatoms. The van der Waals surface area contributed by atoms with Crippen LogP contribution in [0.4, 0.5) is 0 Å². The average Bonchev–Trinajstić information content (AvgIpc) is 2.53. The van der Waals surface area contributed by atoms with Crippen LogP contribution >= 0.6 is 15.9 Å². The highest BCUT2D eigenvalue weighted by Crippen LogP contribution is 2.24. The molecule has 1 aromatic carbocycles. The highest BCUT2D eigenvalue weighted by molar-refractivity contribution is 9.10. The van der Waals surface area contributed by atoms with Gasteiger partial charge >= 0.3 is 0 Å². The first-order valence-electron chi connectivity index (χ1n) is 7.00. The van der Waals surface area contributed by atoms with Crippen LogP contribution in [0.2, 0.25) is 0 Å². The lowest BCUT2D eigenvalue weighted by Gasteiger charge is -2.11. The highest BCUT2D eigenvalue weighted by atomic mass is 79.9. The second-order valence-corrected chi connectivity index (χ2v) is 5.58. The molecule has 0 radical (unpaired) electrons. The molecule has 1 amide bonds. The highest BCUT2D eigenvalue weighted by Gasteiger charge is 2.13. The van der Waals surface area contributed by atoms with E-state index in [-0.39, 0.29) is 11.7 Å². The van der Waals surface area contributed by atoms with Crippen LogP contribution in [0.15, 0.2) is 69.2 Å². The van der Waals surface area contributed by atoms with Gasteiger partial charge in [0.1, 0.15) is 11.6 Å². The zero-order valence-corrected chi connectivity index (χ0v) is 14.2. The Labute approximate surface area is 143 Å². The Balaban J connectivity index is 2.16. The largest absolute Gasteiger partial charge is 0.507 e. The van der Waals surface area contributed by atoms with Crippen LogP contribution < -0.4 is 5.32 Å². The zero-order chi connectivity index (χ0) is 16.8. The fourth-order valence-corrected chi connectivity index (χ4v) is 1.98. The number of amides is 1. The van der Waals surface area contributed by atoms with Crippen molar-refractivity contribution >= 4 is 33.5 Å². The number of hydrogen-bond acceptors (Lipinski definition) is 3. The first-order chi connectivity index (χ1) is 11.0. The summed E-state index contributed by atoms with van der Waals surface area (Å²) in [5.41, 5.74) is 1.00. The quantitative estimate of drug-likeness (QED) is 0.846. The summed E-state index contributed by atoms with van der Waals surface area (Å²) in [5, 5.41) is 12.3. The van der Waals surface area contributed by atoms with Gasteiger partial charge in [0.05, 0.1) is 4.47 Å². The Morgan fingerprint density at radius 3 is 2.96 bits per heavy atom. The van der Waals surface area contributed by atoms with Crippen LogP contribution in [0.1, 0.15) is 23.7 Å². The number of nitrogens with one attached hydrogen (secondary N) is 1. The topological polar surface area (TPSA) is 74.0 Å². The molecule has 1 aliphatic heterocycles. The summed E-state index contributed by atoms with van der Waals surface area (Å²) in [6, 6.07) is 4.58. The molecule has 0 saturated carbocycles. The number of carbonyl (C=O) groups excluding carboxylic acids is 1. The molecule has 0 saturated heterocycles. The predicted molar refractivity (Wildman–Crippen MR) is 95.9 cm³/mol. The van der Waals surface area contributed by atoms with Gasteiger partial charge in [0.25, 0.3) is 5.91 Å². The summed E-state index contributed by atoms with van der Waals surface area (Å²) < 4.78 is 0.525. The van der Waals surface area contributed by atoms with Gasteiger partial charge in [0.15, 0.2) is 5.84 Å². The maximum absolute atomic E-state index is 12.2. The molecule has 118 valence electrons. The standard InChI is InChI=1S/C17H16BrN3O2/c1-3-4-9-19-16-11(2)5-8-15(20-16)21-17(23)12-6-7-13(18)14(22)10-12/h4-10,22H,2-3H2,1H3,(H,19,20,21,23)/b9-4-. The fraction of sp³-hybridized carbons (Fsp3) is 0.118. The average molecular weight is 374 g/mol. The number of phenolic OH excluding ortho intramolecular Hbond substituents is 1. The van der Waals surface area contributed by atoms with Crippen molar-refractivity contribution in [3.8, 4) is 5.75 Å². The number of aromatic hydroxyl groups is 1. The van der Waals surface area contributed by atoms with Crippen LogP contribution in [0, 0.1) is 0 Å². The minimum Gasteiger partial charge on any atom is -0.507 e. The Bertz CT molecular complexity index is 761. The van der Waals surface area contributed by atoms with Crippen molar-refractivity contribution in [3.63, 3.8) is 0 Å². The molecule has 0 spiro atoms. The van der Waals surface area contributed by atoms with Gasteiger partial charge in [-0.1, -0.05) is 19.6 Å². The van der Waals surface area contributed by atoms with Crippen molar-refractivity contribution in [2.24, 2.45) is 9.98 Å². The third kappa shape index (κ3) is 4.50. The van der Waals surface area contributed by atoms with Gasteiger partial charge in [0.2, 0.25) is 0 Å². The second kappa shape index (κ2) is 7.69. The first kappa shape index (κ1) is 16.9. The van der Waals surface area contributed by atoms with Crippen LogP contribution in [0.25, 0.3) is 0 Å². The normalized spacial score (nSPS) is 16.0. The number of halogens is 1. The molecule has 0 unspecified atom stereocenters. The summed E-state index contributed by atoms with van der Waals surface area (Å²) >= 11 is 3.17. The van der Waals surface area contributed by atoms with Crippen molar-refractivity contribution in [3.05, 3.63) is 64.8 Å². The number of carbonyl (C=O) groups is 1. The lowest BCUT2D eigenvalue weighted by molar-refractivity contribution is 0.0977. The zero-order valence-electron chi connectivity index (χ0n) is 12.6. The number of aliphatic imine (C=N–C) groups is 2. The van der Waals surface area contributed by atoms with Crippen molar-refractivity contribution in [1.29, 1.82) is 0 Å². The van der Waals surface area contributed by atoms with E-state index in [1.54, 1.807) is 30.5 Å². The number of amidine groups is 2. The molecule has 1 heterocycles. The molecule has 0 aliphatic carbocycles. The van der Waals surface area contributed by atoms with E-state index < -0.39 is 0 Å². The van der Waals surface area contributed by atoms with E-state index in [0.717, 1.165) is 6.42 Å². The van der Waals surface area contributed by atoms with E-state index in [1.807, 2.05) is 13.0 Å². The minimum atomic E-state index is -0.368. The summed E-state index contributed by atoms with van der Waals surface area (Å²) in [5.74, 6) is 0.450. The lowest BCUT2D eigenvalue weighted by Crippen LogP contribution is -2.31. The van der Waals surface area contributed by atoms with E-state index >= 15 is 0 Å². The van der Waals surface area contributed by atoms with Crippen molar-refractivity contribution in [2.75, 3.05) is 0 Å². The Hall–Kier alpha value is -2.47. The lowest BCUT2D eigenvalue weighted by atomic mass is 10.2. The number of dihydropyridines is 1. The van der Waals surface area contributed by atoms with Gasteiger partial charge in [-0.15, -0.1) is 0 Å². The number of benzene rings is 1. The van der Waals surface area contributed by atoms with Crippen LogP contribution in [0.3, 0.4) is 0 Å². The number of hydrogen-bond donors (Lipinski definition) is 2. The second-order valence-electron chi connectivity index (χ2n) is 4.72. The molecule has 2 rings (SSSR count). The number of phenols is 1. The molecule has 0 atom stereocenters. The number of allylic oxidation sites excluding steroid dienone is 1. The molecule has 5 nitrogen and oxygen atoms in total. The first-order valence-corrected chi connectivity index (χ1v) is 7.79. The Morgan fingerprint density at radius 1 is 1.48 bits per heavy atom. The molecule has 0 bridgehead atoms. The van der Waals surface area contributed by atoms with Crippen LogP contribution in [-0.2, 0) is 0 Å². The molecule has 1 aromatic rings. The van der Waals surface area contributed by atoms with Gasteiger partial charge in [-0.2, -0.15) is 0 Å². The van der Waals surface area contributed by atoms with E-state index in [2.05, 4.69) is 37.8 Å². The molecule has 0 fully saturated rings. The monoisotopic (exact) mass is 373 g/mol. The maximum atomic E-state index is 12.2. The third-order valence-corrected chi connectivity index (χ3v) is 3.61. The van der Waals surface area contributed by atoms with Crippen LogP contribution in [0.5, 0.6) is 5.75 Å². The van der Waals surface area contributed by atoms with Crippen molar-refractivity contribution in [2.45, 2.75) is 13.3 Å². The SMILES string of the molecule is C=C1C=CC(NC(=O)c2ccc(Br)c(O)c2)=NC1=N/C=C\CC. The number of nitrogens with zero attached hydrogens (tertiary/aromatic N) is 2. The van der Waals surface area contributed by atoms with E-state index in [0.29, 0.717) is 27.3 Å². The van der Waals surface area contributed by atoms with Gasteiger partial charge in [-0.3, -0.25) is 4.79 Å². The number of rotatable bonds is 3. The van der Waals surface area contributed by atoms with Crippen molar-refractivity contribution in [1.82, 2.24) is 5.32 Å². The predicted octanol–water partition coefficient (Wildman–Crippen LogP) is 3.73. The van der Waals surface area contributed by atoms with E-state index in [9.17, 15) is 9.90 Å². The van der Waals surface area contributed by atoms with Gasteiger partial charge in [-0.05, 0) is 52.7 Å². The third-order valence-electron chi connectivity index (χ3n) is 2.94. The minimum absolute atomic E-state index is 0.000827. The molecular weight excluding hydrogens is 358 g/mol. The van der Waals surface area contributed by atoms with Gasteiger partial charge < -0.3 is 10.4 Å². The summed E-state index contributed by atoms with van der Waals surface area (Å²) in [6.07, 6.45) is 7.83. The summed E-state index contributed by atoms with van der Waals surface area (Å²) in [4.78, 5) is 20.7. The molecular formula is C17H16BrN3O2. The Morgan fingerprint density at radius 2 is 2.26 bits per heavy atom. The molecule has 0 aromatic heterocycles. The molecule has 23 heavy (non-hydrogen) atoms. The van der Waals surface area contributed by atoms with E-state index in [1.165, 1.54) is 6.07 Å².